The number of nitrogens with one attached hydrogen (secondary N) is 1. The van der Waals surface area contributed by atoms with Crippen LogP contribution in [-0.4, -0.2) is 41.6 Å². The standard InChI is InChI=1S/C14H24N4S/c1-10(2)7-12(9-18(3)4)17-11-5-6-16-13(8-11)14(15)19/h5-6,8,10,12H,7,9H2,1-4H3,(H2,15,19)(H,16,17). The summed E-state index contributed by atoms with van der Waals surface area (Å²) in [5.74, 6) is 0.648. The SMILES string of the molecule is CC(C)CC(CN(C)C)Nc1ccnc(C(N)=S)c1. The number of aromatic nitrogens is 1. The molecule has 0 amide bonds. The molecule has 1 rings (SSSR count). The molecule has 1 aromatic heterocycles. The van der Waals surface area contributed by atoms with Crippen LogP contribution in [0, 0.1) is 5.92 Å². The van der Waals surface area contributed by atoms with Crippen molar-refractivity contribution in [1.82, 2.24) is 9.88 Å². The fourth-order valence-electron chi connectivity index (χ4n) is 2.08. The molecular formula is C14H24N4S. The zero-order chi connectivity index (χ0) is 14.4. The third-order valence-electron chi connectivity index (χ3n) is 2.72. The van der Waals surface area contributed by atoms with E-state index in [0.29, 0.717) is 22.6 Å². The number of hydrogen-bond acceptors (Lipinski definition) is 4. The van der Waals surface area contributed by atoms with Crippen LogP contribution in [-0.2, 0) is 0 Å². The number of nitrogens with two attached hydrogens (primary N) is 1. The molecule has 0 bridgehead atoms. The van der Waals surface area contributed by atoms with E-state index in [9.17, 15) is 0 Å². The third kappa shape index (κ3) is 5.98. The van der Waals surface area contributed by atoms with E-state index in [1.165, 1.54) is 0 Å². The van der Waals surface area contributed by atoms with Crippen molar-refractivity contribution in [2.75, 3.05) is 26.0 Å². The molecule has 0 radical (unpaired) electrons. The zero-order valence-electron chi connectivity index (χ0n) is 12.2. The molecule has 1 unspecified atom stereocenters. The van der Waals surface area contributed by atoms with Crippen LogP contribution in [0.3, 0.4) is 0 Å². The number of likely N-dealkylation sites (N-methyl/N-ethyl adjacent to an activating group) is 1. The van der Waals surface area contributed by atoms with E-state index in [1.54, 1.807) is 6.20 Å². The first-order valence-electron chi connectivity index (χ1n) is 6.55. The van der Waals surface area contributed by atoms with Gasteiger partial charge < -0.3 is 16.0 Å². The smallest absolute Gasteiger partial charge is 0.122 e. The highest BCUT2D eigenvalue weighted by Crippen LogP contribution is 2.14. The molecule has 0 spiro atoms. The van der Waals surface area contributed by atoms with Crippen molar-refractivity contribution in [3.05, 3.63) is 24.0 Å². The van der Waals surface area contributed by atoms with Gasteiger partial charge in [0.1, 0.15) is 4.99 Å². The minimum atomic E-state index is 0.330. The monoisotopic (exact) mass is 280 g/mol. The van der Waals surface area contributed by atoms with E-state index in [0.717, 1.165) is 18.7 Å². The Labute approximate surface area is 121 Å². The molecule has 5 heteroatoms. The van der Waals surface area contributed by atoms with Crippen molar-refractivity contribution in [3.8, 4) is 0 Å². The Morgan fingerprint density at radius 2 is 2.16 bits per heavy atom. The van der Waals surface area contributed by atoms with E-state index < -0.39 is 0 Å². The summed E-state index contributed by atoms with van der Waals surface area (Å²) < 4.78 is 0. The van der Waals surface area contributed by atoms with Gasteiger partial charge in [-0.25, -0.2) is 0 Å². The van der Waals surface area contributed by atoms with Gasteiger partial charge in [-0.3, -0.25) is 4.98 Å². The Morgan fingerprint density at radius 1 is 1.47 bits per heavy atom. The highest BCUT2D eigenvalue weighted by atomic mass is 32.1. The summed E-state index contributed by atoms with van der Waals surface area (Å²) >= 11 is 4.95. The second-order valence-electron chi connectivity index (χ2n) is 5.53. The Bertz CT molecular complexity index is 408. The van der Waals surface area contributed by atoms with Crippen LogP contribution in [0.4, 0.5) is 5.69 Å². The molecule has 0 aliphatic carbocycles. The fourth-order valence-corrected chi connectivity index (χ4v) is 2.19. The average Bonchev–Trinajstić information content (AvgIpc) is 2.27. The van der Waals surface area contributed by atoms with E-state index in [2.05, 4.69) is 43.1 Å². The van der Waals surface area contributed by atoms with Gasteiger partial charge in [0.15, 0.2) is 0 Å². The molecule has 1 heterocycles. The summed E-state index contributed by atoms with van der Waals surface area (Å²) in [5.41, 5.74) is 7.29. The molecule has 19 heavy (non-hydrogen) atoms. The van der Waals surface area contributed by atoms with Crippen LogP contribution in [0.25, 0.3) is 0 Å². The first-order valence-corrected chi connectivity index (χ1v) is 6.96. The summed E-state index contributed by atoms with van der Waals surface area (Å²) in [6, 6.07) is 4.26. The zero-order valence-corrected chi connectivity index (χ0v) is 13.0. The lowest BCUT2D eigenvalue weighted by molar-refractivity contribution is 0.356. The average molecular weight is 280 g/mol. The Balaban J connectivity index is 2.77. The molecule has 0 aliphatic heterocycles. The topological polar surface area (TPSA) is 54.2 Å². The number of nitrogens with zero attached hydrogens (tertiary/aromatic N) is 2. The molecule has 0 fully saturated rings. The van der Waals surface area contributed by atoms with E-state index in [4.69, 9.17) is 18.0 Å². The number of thiocarbonyl (C=S) groups is 1. The first kappa shape index (κ1) is 15.9. The summed E-state index contributed by atoms with van der Waals surface area (Å²) in [6.07, 6.45) is 2.85. The molecule has 1 atom stereocenters. The molecule has 0 saturated carbocycles. The second kappa shape index (κ2) is 7.40. The maximum atomic E-state index is 5.61. The molecule has 0 aromatic carbocycles. The van der Waals surface area contributed by atoms with Gasteiger partial charge in [-0.1, -0.05) is 26.1 Å². The van der Waals surface area contributed by atoms with E-state index >= 15 is 0 Å². The van der Waals surface area contributed by atoms with E-state index in [1.807, 2.05) is 12.1 Å². The van der Waals surface area contributed by atoms with Crippen molar-refractivity contribution >= 4 is 22.9 Å². The van der Waals surface area contributed by atoms with Gasteiger partial charge in [-0.2, -0.15) is 0 Å². The lowest BCUT2D eigenvalue weighted by atomic mass is 10.0. The molecule has 3 N–H and O–H groups in total. The van der Waals surface area contributed by atoms with Crippen LogP contribution in [0.15, 0.2) is 18.3 Å². The lowest BCUT2D eigenvalue weighted by Crippen LogP contribution is -2.33. The summed E-state index contributed by atoms with van der Waals surface area (Å²) in [7, 11) is 4.17. The minimum absolute atomic E-state index is 0.330. The predicted octanol–water partition coefficient (Wildman–Crippen LogP) is 2.10. The molecule has 0 saturated heterocycles. The van der Waals surface area contributed by atoms with Crippen molar-refractivity contribution in [1.29, 1.82) is 0 Å². The van der Waals surface area contributed by atoms with Crippen molar-refractivity contribution in [2.24, 2.45) is 11.7 Å². The highest BCUT2D eigenvalue weighted by Gasteiger charge is 2.12. The van der Waals surface area contributed by atoms with Gasteiger partial charge in [0.25, 0.3) is 0 Å². The summed E-state index contributed by atoms with van der Waals surface area (Å²) in [6.45, 7) is 5.46. The van der Waals surface area contributed by atoms with Crippen LogP contribution >= 0.6 is 12.2 Å². The first-order chi connectivity index (χ1) is 8.88. The number of pyridine rings is 1. The summed E-state index contributed by atoms with van der Waals surface area (Å²) in [4.78, 5) is 6.67. The van der Waals surface area contributed by atoms with Gasteiger partial charge in [-0.15, -0.1) is 0 Å². The minimum Gasteiger partial charge on any atom is -0.388 e. The largest absolute Gasteiger partial charge is 0.388 e. The molecule has 0 aliphatic rings. The highest BCUT2D eigenvalue weighted by molar-refractivity contribution is 7.80. The van der Waals surface area contributed by atoms with Crippen LogP contribution in [0.5, 0.6) is 0 Å². The number of hydrogen-bond donors (Lipinski definition) is 2. The Hall–Kier alpha value is -1.20. The lowest BCUT2D eigenvalue weighted by Gasteiger charge is -2.25. The predicted molar refractivity (Wildman–Crippen MR) is 85.5 cm³/mol. The Morgan fingerprint density at radius 3 is 2.68 bits per heavy atom. The van der Waals surface area contributed by atoms with Gasteiger partial charge in [0.2, 0.25) is 0 Å². The van der Waals surface area contributed by atoms with Gasteiger partial charge in [0.05, 0.1) is 5.69 Å². The van der Waals surface area contributed by atoms with Crippen molar-refractivity contribution in [2.45, 2.75) is 26.3 Å². The fraction of sp³-hybridized carbons (Fsp3) is 0.571. The van der Waals surface area contributed by atoms with E-state index in [-0.39, 0.29) is 0 Å². The number of rotatable bonds is 7. The van der Waals surface area contributed by atoms with Crippen LogP contribution < -0.4 is 11.1 Å². The maximum absolute atomic E-state index is 5.61. The molecular weight excluding hydrogens is 256 g/mol. The second-order valence-corrected chi connectivity index (χ2v) is 5.97. The van der Waals surface area contributed by atoms with Crippen LogP contribution in [0.2, 0.25) is 0 Å². The number of anilines is 1. The van der Waals surface area contributed by atoms with Crippen molar-refractivity contribution in [3.63, 3.8) is 0 Å². The van der Waals surface area contributed by atoms with Gasteiger partial charge >= 0.3 is 0 Å². The van der Waals surface area contributed by atoms with Crippen LogP contribution in [0.1, 0.15) is 26.0 Å². The quantitative estimate of drug-likeness (QED) is 0.749. The van der Waals surface area contributed by atoms with Crippen molar-refractivity contribution < 1.29 is 0 Å². The Kier molecular flexibility index (Phi) is 6.18. The van der Waals surface area contributed by atoms with Gasteiger partial charge in [0, 0.05) is 24.5 Å². The molecule has 106 valence electrons. The molecule has 4 nitrogen and oxygen atoms in total. The normalized spacial score (nSPS) is 12.7. The van der Waals surface area contributed by atoms with Gasteiger partial charge in [-0.05, 0) is 38.6 Å². The third-order valence-corrected chi connectivity index (χ3v) is 2.93. The molecule has 1 aromatic rings. The summed E-state index contributed by atoms with van der Waals surface area (Å²) in [5, 5.41) is 3.54. The maximum Gasteiger partial charge on any atom is 0.122 e.